The standard InChI is InChI=1S/C17H20N4S/c1-17(6-12(20-17)15-10-7-18-8-11(10)15)16-19-9-13-14(22-2)4-3-5-21(13)16/h3-6,9-11,15,18,20H,7-8H2,1-2H3. The second kappa shape index (κ2) is 4.30. The van der Waals surface area contributed by atoms with Crippen LogP contribution in [0.15, 0.2) is 41.2 Å². The predicted molar refractivity (Wildman–Crippen MR) is 88.9 cm³/mol. The van der Waals surface area contributed by atoms with Crippen molar-refractivity contribution < 1.29 is 0 Å². The summed E-state index contributed by atoms with van der Waals surface area (Å²) in [6, 6.07) is 4.26. The molecule has 2 aromatic rings. The van der Waals surface area contributed by atoms with Crippen molar-refractivity contribution >= 4 is 17.3 Å². The molecule has 5 heteroatoms. The average molecular weight is 312 g/mol. The molecule has 0 amide bonds. The van der Waals surface area contributed by atoms with Crippen LogP contribution in [0.3, 0.4) is 0 Å². The summed E-state index contributed by atoms with van der Waals surface area (Å²) < 4.78 is 2.22. The molecule has 2 fully saturated rings. The van der Waals surface area contributed by atoms with E-state index in [4.69, 9.17) is 4.98 Å². The lowest BCUT2D eigenvalue weighted by atomic mass is 9.89. The number of fused-ring (bicyclic) bond motifs is 2. The minimum absolute atomic E-state index is 0.136. The zero-order valence-corrected chi connectivity index (χ0v) is 13.7. The van der Waals surface area contributed by atoms with Crippen LogP contribution in [0.2, 0.25) is 0 Å². The maximum Gasteiger partial charge on any atom is 0.142 e. The summed E-state index contributed by atoms with van der Waals surface area (Å²) >= 11 is 1.77. The lowest BCUT2D eigenvalue weighted by molar-refractivity contribution is 0.385. The zero-order chi connectivity index (χ0) is 14.9. The van der Waals surface area contributed by atoms with Crippen molar-refractivity contribution in [1.82, 2.24) is 20.0 Å². The van der Waals surface area contributed by atoms with Gasteiger partial charge in [-0.05, 0) is 56.3 Å². The number of aromatic nitrogens is 2. The number of rotatable bonds is 3. The average Bonchev–Trinajstić information content (AvgIpc) is 2.89. The molecule has 0 radical (unpaired) electrons. The van der Waals surface area contributed by atoms with Crippen LogP contribution in [0.5, 0.6) is 0 Å². The maximum absolute atomic E-state index is 4.71. The Kier molecular flexibility index (Phi) is 2.54. The van der Waals surface area contributed by atoms with E-state index in [1.54, 1.807) is 11.8 Å². The Labute approximate surface area is 134 Å². The molecule has 22 heavy (non-hydrogen) atoms. The van der Waals surface area contributed by atoms with E-state index in [9.17, 15) is 0 Å². The molecule has 4 heterocycles. The van der Waals surface area contributed by atoms with E-state index in [-0.39, 0.29) is 5.54 Å². The fraction of sp³-hybridized carbons (Fsp3) is 0.471. The van der Waals surface area contributed by atoms with Crippen LogP contribution >= 0.6 is 11.8 Å². The molecule has 1 saturated carbocycles. The number of allylic oxidation sites excluding steroid dienone is 1. The van der Waals surface area contributed by atoms with Gasteiger partial charge in [-0.3, -0.25) is 0 Å². The molecule has 0 spiro atoms. The first-order valence-electron chi connectivity index (χ1n) is 7.93. The molecule has 0 aromatic carbocycles. The van der Waals surface area contributed by atoms with Crippen LogP contribution in [0, 0.1) is 17.8 Å². The Balaban J connectivity index is 1.50. The molecule has 2 aliphatic heterocycles. The summed E-state index contributed by atoms with van der Waals surface area (Å²) in [5.41, 5.74) is 2.50. The van der Waals surface area contributed by atoms with Crippen LogP contribution in [-0.2, 0) is 5.54 Å². The van der Waals surface area contributed by atoms with Crippen molar-refractivity contribution in [2.75, 3.05) is 19.3 Å². The first-order valence-corrected chi connectivity index (χ1v) is 9.16. The molecule has 2 N–H and O–H groups in total. The van der Waals surface area contributed by atoms with Crippen molar-refractivity contribution in [1.29, 1.82) is 0 Å². The van der Waals surface area contributed by atoms with E-state index in [1.165, 1.54) is 29.2 Å². The smallest absolute Gasteiger partial charge is 0.142 e. The molecule has 2 aromatic heterocycles. The Morgan fingerprint density at radius 2 is 2.14 bits per heavy atom. The van der Waals surface area contributed by atoms with E-state index in [2.05, 4.69) is 52.6 Å². The fourth-order valence-electron chi connectivity index (χ4n) is 4.34. The van der Waals surface area contributed by atoms with E-state index >= 15 is 0 Å². The van der Waals surface area contributed by atoms with Gasteiger partial charge in [0.1, 0.15) is 11.4 Å². The highest BCUT2D eigenvalue weighted by Crippen LogP contribution is 2.55. The maximum atomic E-state index is 4.71. The Morgan fingerprint density at radius 1 is 1.36 bits per heavy atom. The van der Waals surface area contributed by atoms with Crippen molar-refractivity contribution in [2.45, 2.75) is 17.4 Å². The molecule has 1 aliphatic carbocycles. The monoisotopic (exact) mass is 312 g/mol. The minimum atomic E-state index is -0.136. The van der Waals surface area contributed by atoms with Gasteiger partial charge >= 0.3 is 0 Å². The summed E-state index contributed by atoms with van der Waals surface area (Å²) in [4.78, 5) is 5.99. The molecule has 0 bridgehead atoms. The molecule has 3 atom stereocenters. The van der Waals surface area contributed by atoms with Gasteiger partial charge in [0, 0.05) is 22.7 Å². The molecular formula is C17H20N4S. The summed E-state index contributed by atoms with van der Waals surface area (Å²) in [6.07, 6.45) is 8.63. The number of piperidine rings is 1. The molecule has 4 nitrogen and oxygen atoms in total. The lowest BCUT2D eigenvalue weighted by Gasteiger charge is -2.39. The van der Waals surface area contributed by atoms with Gasteiger partial charge in [-0.1, -0.05) is 0 Å². The number of nitrogens with one attached hydrogen (secondary N) is 2. The van der Waals surface area contributed by atoms with Gasteiger partial charge in [0.15, 0.2) is 0 Å². The molecule has 5 rings (SSSR count). The predicted octanol–water partition coefficient (Wildman–Crippen LogP) is 2.22. The van der Waals surface area contributed by atoms with Gasteiger partial charge in [0.05, 0.1) is 11.7 Å². The van der Waals surface area contributed by atoms with E-state index in [0.29, 0.717) is 0 Å². The number of nitrogens with zero attached hydrogens (tertiary/aromatic N) is 2. The van der Waals surface area contributed by atoms with Gasteiger partial charge in [0.2, 0.25) is 0 Å². The first-order chi connectivity index (χ1) is 10.7. The van der Waals surface area contributed by atoms with E-state index in [1.807, 2.05) is 6.20 Å². The zero-order valence-electron chi connectivity index (χ0n) is 12.8. The van der Waals surface area contributed by atoms with Gasteiger partial charge in [-0.25, -0.2) is 4.98 Å². The van der Waals surface area contributed by atoms with Crippen LogP contribution < -0.4 is 10.6 Å². The summed E-state index contributed by atoms with van der Waals surface area (Å²) in [6.45, 7) is 4.61. The Bertz CT molecular complexity index is 785. The van der Waals surface area contributed by atoms with Crippen LogP contribution in [-0.4, -0.2) is 28.7 Å². The van der Waals surface area contributed by atoms with E-state index < -0.39 is 0 Å². The minimum Gasteiger partial charge on any atom is -0.373 e. The van der Waals surface area contributed by atoms with Crippen molar-refractivity contribution in [3.05, 3.63) is 42.1 Å². The van der Waals surface area contributed by atoms with E-state index in [0.717, 1.165) is 23.6 Å². The highest BCUT2D eigenvalue weighted by atomic mass is 32.2. The van der Waals surface area contributed by atoms with Crippen molar-refractivity contribution in [2.24, 2.45) is 17.8 Å². The summed E-state index contributed by atoms with van der Waals surface area (Å²) in [5, 5.41) is 7.19. The molecule has 1 saturated heterocycles. The Hall–Kier alpha value is -1.46. The normalized spacial score (nSPS) is 35.7. The number of thioether (sulfide) groups is 1. The highest BCUT2D eigenvalue weighted by Gasteiger charge is 2.57. The highest BCUT2D eigenvalue weighted by molar-refractivity contribution is 7.98. The molecule has 3 aliphatic rings. The summed E-state index contributed by atoms with van der Waals surface area (Å²) in [7, 11) is 0. The quantitative estimate of drug-likeness (QED) is 0.853. The number of hydrogen-bond acceptors (Lipinski definition) is 4. The molecule has 3 unspecified atom stereocenters. The third-order valence-corrected chi connectivity index (χ3v) is 6.30. The summed E-state index contributed by atoms with van der Waals surface area (Å²) in [5.74, 6) is 3.58. The largest absolute Gasteiger partial charge is 0.373 e. The second-order valence-corrected chi connectivity index (χ2v) is 7.70. The third kappa shape index (κ3) is 1.61. The number of pyridine rings is 1. The van der Waals surface area contributed by atoms with Gasteiger partial charge in [0.25, 0.3) is 0 Å². The van der Waals surface area contributed by atoms with Crippen LogP contribution in [0.4, 0.5) is 0 Å². The Morgan fingerprint density at radius 3 is 2.86 bits per heavy atom. The lowest BCUT2D eigenvalue weighted by Crippen LogP contribution is -2.48. The van der Waals surface area contributed by atoms with Gasteiger partial charge < -0.3 is 15.0 Å². The SMILES string of the molecule is CSc1cccn2c(C3(C)C=C(C4C5CNCC54)N3)ncc12. The van der Waals surface area contributed by atoms with Crippen molar-refractivity contribution in [3.63, 3.8) is 0 Å². The van der Waals surface area contributed by atoms with Crippen molar-refractivity contribution in [3.8, 4) is 0 Å². The number of hydrogen-bond donors (Lipinski definition) is 2. The van der Waals surface area contributed by atoms with Crippen LogP contribution in [0.25, 0.3) is 5.52 Å². The fourth-order valence-corrected chi connectivity index (χ4v) is 4.91. The van der Waals surface area contributed by atoms with Gasteiger partial charge in [-0.2, -0.15) is 0 Å². The topological polar surface area (TPSA) is 41.4 Å². The number of imidazole rings is 1. The van der Waals surface area contributed by atoms with Gasteiger partial charge in [-0.15, -0.1) is 11.8 Å². The first kappa shape index (κ1) is 13.0. The molecular weight excluding hydrogens is 292 g/mol. The second-order valence-electron chi connectivity index (χ2n) is 6.85. The third-order valence-electron chi connectivity index (χ3n) is 5.52. The van der Waals surface area contributed by atoms with Crippen LogP contribution in [0.1, 0.15) is 12.7 Å². The molecule has 114 valence electrons.